The predicted octanol–water partition coefficient (Wildman–Crippen LogP) is 2.11. The molecule has 0 bridgehead atoms. The fourth-order valence-corrected chi connectivity index (χ4v) is 2.65. The predicted molar refractivity (Wildman–Crippen MR) is 53.2 cm³/mol. The van der Waals surface area contributed by atoms with E-state index in [0.717, 1.165) is 32.1 Å². The fraction of sp³-hybridized carbons (Fsp3) is 0.750. The summed E-state index contributed by atoms with van der Waals surface area (Å²) >= 11 is 0. The molecule has 74 valence electrons. The lowest BCUT2D eigenvalue weighted by atomic mass is 9.58. The maximum absolute atomic E-state index is 9.29. The summed E-state index contributed by atoms with van der Waals surface area (Å²) in [5, 5.41) is 9.29. The third-order valence-corrected chi connectivity index (χ3v) is 3.82. The van der Waals surface area contributed by atoms with Crippen LogP contribution in [0.3, 0.4) is 0 Å². The van der Waals surface area contributed by atoms with Gasteiger partial charge in [-0.1, -0.05) is 5.92 Å². The van der Waals surface area contributed by atoms with Crippen molar-refractivity contribution >= 4 is 0 Å². The molecule has 0 N–H and O–H groups in total. The van der Waals surface area contributed by atoms with Gasteiger partial charge in [0.05, 0.1) is 11.5 Å². The van der Waals surface area contributed by atoms with Gasteiger partial charge in [-0.25, -0.2) is 0 Å². The van der Waals surface area contributed by atoms with Crippen molar-refractivity contribution in [1.29, 1.82) is 5.26 Å². The zero-order valence-corrected chi connectivity index (χ0v) is 8.55. The first-order chi connectivity index (χ1) is 6.74. The molecular weight excluding hydrogens is 174 g/mol. The summed E-state index contributed by atoms with van der Waals surface area (Å²) in [7, 11) is 1.65. The minimum atomic E-state index is -0.597. The van der Waals surface area contributed by atoms with Gasteiger partial charge in [-0.3, -0.25) is 0 Å². The molecule has 2 nitrogen and oxygen atoms in total. The third kappa shape index (κ3) is 0.954. The second kappa shape index (κ2) is 3.01. The van der Waals surface area contributed by atoms with E-state index in [0.29, 0.717) is 5.92 Å². The summed E-state index contributed by atoms with van der Waals surface area (Å²) in [6.07, 6.45) is 10.7. The van der Waals surface area contributed by atoms with E-state index >= 15 is 0 Å². The number of terminal acetylenes is 1. The second-order valence-corrected chi connectivity index (χ2v) is 4.41. The molecule has 2 fully saturated rings. The van der Waals surface area contributed by atoms with E-state index in [4.69, 9.17) is 11.2 Å². The van der Waals surface area contributed by atoms with Gasteiger partial charge >= 0.3 is 0 Å². The molecule has 1 atom stereocenters. The Morgan fingerprint density at radius 1 is 1.50 bits per heavy atom. The van der Waals surface area contributed by atoms with Gasteiger partial charge in [0, 0.05) is 13.0 Å². The number of rotatable bonds is 3. The van der Waals surface area contributed by atoms with Gasteiger partial charge in [-0.15, -0.1) is 6.42 Å². The molecule has 0 heterocycles. The van der Waals surface area contributed by atoms with Crippen LogP contribution in [0.5, 0.6) is 0 Å². The zero-order valence-electron chi connectivity index (χ0n) is 8.55. The first-order valence-corrected chi connectivity index (χ1v) is 5.19. The van der Waals surface area contributed by atoms with E-state index in [1.54, 1.807) is 7.11 Å². The Kier molecular flexibility index (Phi) is 2.05. The SMILES string of the molecule is C#C[C@](OC)(C1CC1)C1(C#N)CCC1. The molecule has 2 aliphatic carbocycles. The highest BCUT2D eigenvalue weighted by Crippen LogP contribution is 2.58. The molecular formula is C12H15NO. The van der Waals surface area contributed by atoms with Crippen molar-refractivity contribution < 1.29 is 4.74 Å². The van der Waals surface area contributed by atoms with Crippen LogP contribution in [-0.4, -0.2) is 12.7 Å². The highest BCUT2D eigenvalue weighted by atomic mass is 16.5. The van der Waals surface area contributed by atoms with Crippen LogP contribution in [-0.2, 0) is 4.74 Å². The molecule has 0 aromatic rings. The van der Waals surface area contributed by atoms with Crippen LogP contribution in [0, 0.1) is 35.0 Å². The summed E-state index contributed by atoms with van der Waals surface area (Å²) in [5.74, 6) is 3.19. The van der Waals surface area contributed by atoms with E-state index in [9.17, 15) is 5.26 Å². The Balaban J connectivity index is 2.35. The van der Waals surface area contributed by atoms with Gasteiger partial charge < -0.3 is 4.74 Å². The maximum atomic E-state index is 9.29. The van der Waals surface area contributed by atoms with E-state index in [-0.39, 0.29) is 0 Å². The minimum Gasteiger partial charge on any atom is -0.364 e. The summed E-state index contributed by atoms with van der Waals surface area (Å²) in [4.78, 5) is 0. The van der Waals surface area contributed by atoms with Gasteiger partial charge in [0.15, 0.2) is 0 Å². The van der Waals surface area contributed by atoms with Crippen LogP contribution in [0.25, 0.3) is 0 Å². The lowest BCUT2D eigenvalue weighted by molar-refractivity contribution is -0.0933. The molecule has 2 aliphatic rings. The van der Waals surface area contributed by atoms with Crippen molar-refractivity contribution in [3.8, 4) is 18.4 Å². The van der Waals surface area contributed by atoms with E-state index < -0.39 is 11.0 Å². The van der Waals surface area contributed by atoms with Crippen LogP contribution >= 0.6 is 0 Å². The molecule has 2 rings (SSSR count). The highest BCUT2D eigenvalue weighted by molar-refractivity contribution is 5.30. The normalized spacial score (nSPS) is 27.9. The van der Waals surface area contributed by atoms with Gasteiger partial charge in [0.25, 0.3) is 0 Å². The van der Waals surface area contributed by atoms with Crippen molar-refractivity contribution in [3.05, 3.63) is 0 Å². The molecule has 2 heteroatoms. The minimum absolute atomic E-state index is 0.391. The molecule has 0 radical (unpaired) electrons. The molecule has 0 aromatic heterocycles. The average molecular weight is 189 g/mol. The summed E-state index contributed by atoms with van der Waals surface area (Å²) in [6.45, 7) is 0. The zero-order chi connectivity index (χ0) is 10.2. The smallest absolute Gasteiger partial charge is 0.149 e. The molecule has 0 aromatic carbocycles. The van der Waals surface area contributed by atoms with E-state index in [2.05, 4.69) is 12.0 Å². The van der Waals surface area contributed by atoms with Crippen molar-refractivity contribution in [2.45, 2.75) is 37.7 Å². The van der Waals surface area contributed by atoms with E-state index in [1.165, 1.54) is 0 Å². The largest absolute Gasteiger partial charge is 0.364 e. The van der Waals surface area contributed by atoms with Gasteiger partial charge in [-0.2, -0.15) is 5.26 Å². The fourth-order valence-electron chi connectivity index (χ4n) is 2.65. The van der Waals surface area contributed by atoms with Gasteiger partial charge in [-0.05, 0) is 32.1 Å². The number of ether oxygens (including phenoxy) is 1. The monoisotopic (exact) mass is 189 g/mol. The van der Waals surface area contributed by atoms with Crippen molar-refractivity contribution in [3.63, 3.8) is 0 Å². The third-order valence-electron chi connectivity index (χ3n) is 3.82. The standard InChI is InChI=1S/C12H15NO/c1-3-12(14-2,10-5-6-10)11(9-13)7-4-8-11/h1,10H,4-8H2,2H3/t12-/m0/s1. The van der Waals surface area contributed by atoms with Crippen LogP contribution in [0.4, 0.5) is 0 Å². The number of hydrogen-bond acceptors (Lipinski definition) is 2. The Labute approximate surface area is 85.2 Å². The molecule has 2 saturated carbocycles. The maximum Gasteiger partial charge on any atom is 0.149 e. The summed E-state index contributed by atoms with van der Waals surface area (Å²) in [5.41, 5.74) is -0.988. The first-order valence-electron chi connectivity index (χ1n) is 5.19. The topological polar surface area (TPSA) is 33.0 Å². The Morgan fingerprint density at radius 2 is 2.14 bits per heavy atom. The first kappa shape index (κ1) is 9.56. The van der Waals surface area contributed by atoms with Crippen LogP contribution in [0.1, 0.15) is 32.1 Å². The average Bonchev–Trinajstić information content (AvgIpc) is 2.95. The Hall–Kier alpha value is -0.990. The lowest BCUT2D eigenvalue weighted by Crippen LogP contribution is -2.53. The number of hydrogen-bond donors (Lipinski definition) is 0. The number of nitrogens with zero attached hydrogens (tertiary/aromatic N) is 1. The molecule has 0 aliphatic heterocycles. The molecule has 0 saturated heterocycles. The summed E-state index contributed by atoms with van der Waals surface area (Å²) < 4.78 is 5.55. The highest BCUT2D eigenvalue weighted by Gasteiger charge is 2.61. The molecule has 0 unspecified atom stereocenters. The Bertz CT molecular complexity index is 314. The van der Waals surface area contributed by atoms with Crippen LogP contribution < -0.4 is 0 Å². The second-order valence-electron chi connectivity index (χ2n) is 4.41. The van der Waals surface area contributed by atoms with Crippen LogP contribution in [0.15, 0.2) is 0 Å². The number of nitriles is 1. The molecule has 14 heavy (non-hydrogen) atoms. The van der Waals surface area contributed by atoms with E-state index in [1.807, 2.05) is 0 Å². The van der Waals surface area contributed by atoms with Crippen molar-refractivity contribution in [2.24, 2.45) is 11.3 Å². The van der Waals surface area contributed by atoms with Gasteiger partial charge in [0.2, 0.25) is 0 Å². The van der Waals surface area contributed by atoms with Crippen LogP contribution in [0.2, 0.25) is 0 Å². The molecule has 0 spiro atoms. The van der Waals surface area contributed by atoms with Crippen molar-refractivity contribution in [2.75, 3.05) is 7.11 Å². The molecule has 0 amide bonds. The number of methoxy groups -OCH3 is 1. The Morgan fingerprint density at radius 3 is 2.36 bits per heavy atom. The van der Waals surface area contributed by atoms with Crippen molar-refractivity contribution in [1.82, 2.24) is 0 Å². The lowest BCUT2D eigenvalue weighted by Gasteiger charge is -2.48. The van der Waals surface area contributed by atoms with Gasteiger partial charge in [0.1, 0.15) is 5.60 Å². The summed E-state index contributed by atoms with van der Waals surface area (Å²) in [6, 6.07) is 2.41. The quantitative estimate of drug-likeness (QED) is 0.637.